The van der Waals surface area contributed by atoms with E-state index in [0.717, 1.165) is 51.4 Å². The topological polar surface area (TPSA) is 63.6 Å². The molecule has 0 aromatic heterocycles. The molecule has 5 fully saturated rings. The second-order valence-electron chi connectivity index (χ2n) is 15.7. The Balaban J connectivity index is 1.48. The number of esters is 1. The smallest absolute Gasteiger partial charge is 0.309 e. The fourth-order valence-electron chi connectivity index (χ4n) is 12.1. The van der Waals surface area contributed by atoms with Gasteiger partial charge in [-0.15, -0.1) is 0 Å². The number of carbonyl (C=O) groups is 2. The van der Waals surface area contributed by atoms with E-state index in [-0.39, 0.29) is 39.7 Å². The lowest BCUT2D eigenvalue weighted by Crippen LogP contribution is -2.67. The predicted molar refractivity (Wildman–Crippen MR) is 151 cm³/mol. The first-order valence-electron chi connectivity index (χ1n) is 15.8. The van der Waals surface area contributed by atoms with E-state index < -0.39 is 11.4 Å². The van der Waals surface area contributed by atoms with E-state index >= 15 is 0 Å². The van der Waals surface area contributed by atoms with Gasteiger partial charge in [0.1, 0.15) is 6.10 Å². The van der Waals surface area contributed by atoms with Crippen LogP contribution in [0, 0.1) is 56.7 Å². The highest BCUT2D eigenvalue weighted by Gasteiger charge is 2.72. The number of aliphatic carboxylic acids is 1. The molecule has 1 N–H and O–H groups in total. The third-order valence-corrected chi connectivity index (χ3v) is 14.2. The molecule has 5 aliphatic carbocycles. The van der Waals surface area contributed by atoms with Crippen molar-refractivity contribution in [3.05, 3.63) is 12.2 Å². The molecular formula is C34H54O4. The number of fused-ring (bicyclic) bond motifs is 7. The fraction of sp³-hybridized carbons (Fsp3) is 0.882. The van der Waals surface area contributed by atoms with Crippen LogP contribution in [0.25, 0.3) is 0 Å². The molecule has 5 rings (SSSR count). The number of rotatable bonds is 5. The zero-order valence-corrected chi connectivity index (χ0v) is 25.3. The first-order valence-corrected chi connectivity index (χ1v) is 15.8. The van der Waals surface area contributed by atoms with Crippen LogP contribution in [0.5, 0.6) is 0 Å². The minimum Gasteiger partial charge on any atom is -0.481 e. The molecule has 5 saturated carbocycles. The summed E-state index contributed by atoms with van der Waals surface area (Å²) < 4.78 is 6.12. The van der Waals surface area contributed by atoms with Crippen LogP contribution in [0.3, 0.4) is 0 Å². The summed E-state index contributed by atoms with van der Waals surface area (Å²) in [5.41, 5.74) is 1.19. The van der Waals surface area contributed by atoms with Gasteiger partial charge in [-0.2, -0.15) is 0 Å². The van der Waals surface area contributed by atoms with Gasteiger partial charge < -0.3 is 9.84 Å². The Bertz CT molecular complexity index is 998. The first-order chi connectivity index (χ1) is 17.7. The molecule has 4 nitrogen and oxygen atoms in total. The fourth-order valence-corrected chi connectivity index (χ4v) is 12.1. The highest BCUT2D eigenvalue weighted by Crippen LogP contribution is 2.77. The van der Waals surface area contributed by atoms with E-state index in [2.05, 4.69) is 48.1 Å². The number of hydrogen-bond donors (Lipinski definition) is 1. The Morgan fingerprint density at radius 3 is 2.21 bits per heavy atom. The van der Waals surface area contributed by atoms with Crippen molar-refractivity contribution >= 4 is 11.9 Å². The lowest BCUT2D eigenvalue weighted by Gasteiger charge is -2.72. The Kier molecular flexibility index (Phi) is 6.76. The van der Waals surface area contributed by atoms with Crippen LogP contribution in [-0.2, 0) is 14.3 Å². The summed E-state index contributed by atoms with van der Waals surface area (Å²) in [6.07, 6.45) is 11.9. The van der Waals surface area contributed by atoms with Gasteiger partial charge in [-0.1, -0.05) is 53.7 Å². The SMILES string of the molecule is C=C(C)[C@@H]1CC[C@]2(C(=O)O)CC[C@]3(C)[C@H](CC[C@@H]4[C@@]5(C)CC[C@H](OC(=O)CCC)C(C)(C)[C@@H]5CC[C@]43C)[C@@H]12. The molecular weight excluding hydrogens is 472 g/mol. The molecule has 0 radical (unpaired) electrons. The summed E-state index contributed by atoms with van der Waals surface area (Å²) in [4.78, 5) is 25.3. The van der Waals surface area contributed by atoms with Crippen LogP contribution in [0.1, 0.15) is 126 Å². The number of carboxylic acids is 1. The van der Waals surface area contributed by atoms with Crippen molar-refractivity contribution in [1.82, 2.24) is 0 Å². The molecule has 0 aromatic rings. The normalized spacial score (nSPS) is 49.1. The zero-order valence-electron chi connectivity index (χ0n) is 25.3. The number of allylic oxidation sites excluding steroid dienone is 1. The van der Waals surface area contributed by atoms with Gasteiger partial charge in [0.2, 0.25) is 0 Å². The van der Waals surface area contributed by atoms with E-state index in [9.17, 15) is 14.7 Å². The summed E-state index contributed by atoms with van der Waals surface area (Å²) in [6.45, 7) is 21.0. The average molecular weight is 527 g/mol. The van der Waals surface area contributed by atoms with Gasteiger partial charge in [-0.3, -0.25) is 9.59 Å². The number of carboxylic acid groups (broad SMARTS) is 1. The molecule has 4 heteroatoms. The van der Waals surface area contributed by atoms with E-state index in [1.54, 1.807) is 0 Å². The van der Waals surface area contributed by atoms with Crippen molar-refractivity contribution in [3.63, 3.8) is 0 Å². The molecule has 214 valence electrons. The lowest BCUT2D eigenvalue weighted by molar-refractivity contribution is -0.250. The second kappa shape index (κ2) is 9.10. The van der Waals surface area contributed by atoms with Crippen LogP contribution < -0.4 is 0 Å². The zero-order chi connectivity index (χ0) is 27.9. The van der Waals surface area contributed by atoms with Gasteiger partial charge in [0.05, 0.1) is 5.41 Å². The summed E-state index contributed by atoms with van der Waals surface area (Å²) in [7, 11) is 0. The van der Waals surface area contributed by atoms with Crippen LogP contribution in [-0.4, -0.2) is 23.1 Å². The molecule has 0 unspecified atom stereocenters. The molecule has 0 saturated heterocycles. The van der Waals surface area contributed by atoms with E-state index in [1.165, 1.54) is 24.8 Å². The number of carbonyl (C=O) groups excluding carboxylic acids is 1. The highest BCUT2D eigenvalue weighted by atomic mass is 16.5. The standard InChI is InChI=1S/C34H54O4/c1-9-10-27(35)38-26-15-16-31(6)24(30(26,4)5)14-17-33(8)25(31)12-11-23-28-22(21(2)3)13-18-34(28,29(36)37)20-19-32(23,33)7/h22-26,28H,2,9-20H2,1,3-8H3,(H,36,37)/t22-,23+,24-,25+,26-,28+,31-,32+,33+,34-/m0/s1. The van der Waals surface area contributed by atoms with Crippen molar-refractivity contribution in [2.45, 2.75) is 132 Å². The highest BCUT2D eigenvalue weighted by molar-refractivity contribution is 5.76. The molecule has 0 bridgehead atoms. The maximum Gasteiger partial charge on any atom is 0.309 e. The molecule has 5 aliphatic rings. The van der Waals surface area contributed by atoms with E-state index in [0.29, 0.717) is 30.1 Å². The minimum absolute atomic E-state index is 0.0107. The maximum absolute atomic E-state index is 12.9. The average Bonchev–Trinajstić information content (AvgIpc) is 3.23. The van der Waals surface area contributed by atoms with Gasteiger partial charge in [-0.25, -0.2) is 0 Å². The van der Waals surface area contributed by atoms with Crippen molar-refractivity contribution in [3.8, 4) is 0 Å². The molecule has 0 amide bonds. The van der Waals surface area contributed by atoms with Gasteiger partial charge in [0.15, 0.2) is 0 Å². The van der Waals surface area contributed by atoms with Crippen molar-refractivity contribution in [1.29, 1.82) is 0 Å². The summed E-state index contributed by atoms with van der Waals surface area (Å²) in [6, 6.07) is 0. The second-order valence-corrected chi connectivity index (χ2v) is 15.7. The Hall–Kier alpha value is -1.32. The van der Waals surface area contributed by atoms with E-state index in [1.807, 2.05) is 6.92 Å². The summed E-state index contributed by atoms with van der Waals surface area (Å²) in [5, 5.41) is 10.6. The monoisotopic (exact) mass is 526 g/mol. The van der Waals surface area contributed by atoms with Crippen LogP contribution >= 0.6 is 0 Å². The lowest BCUT2D eigenvalue weighted by atomic mass is 9.32. The molecule has 0 heterocycles. The maximum atomic E-state index is 12.9. The van der Waals surface area contributed by atoms with Crippen LogP contribution in [0.4, 0.5) is 0 Å². The quantitative estimate of drug-likeness (QED) is 0.288. The Morgan fingerprint density at radius 1 is 0.868 bits per heavy atom. The molecule has 10 atom stereocenters. The molecule has 38 heavy (non-hydrogen) atoms. The van der Waals surface area contributed by atoms with Gasteiger partial charge >= 0.3 is 11.9 Å². The van der Waals surface area contributed by atoms with Gasteiger partial charge in [-0.05, 0) is 123 Å². The predicted octanol–water partition coefficient (Wildman–Crippen LogP) is 8.44. The Morgan fingerprint density at radius 2 is 1.58 bits per heavy atom. The van der Waals surface area contributed by atoms with Gasteiger partial charge in [0.25, 0.3) is 0 Å². The van der Waals surface area contributed by atoms with Crippen LogP contribution in [0.15, 0.2) is 12.2 Å². The number of ether oxygens (including phenoxy) is 1. The molecule has 0 aliphatic heterocycles. The third-order valence-electron chi connectivity index (χ3n) is 14.2. The van der Waals surface area contributed by atoms with Gasteiger partial charge in [0, 0.05) is 11.8 Å². The largest absolute Gasteiger partial charge is 0.481 e. The summed E-state index contributed by atoms with van der Waals surface area (Å²) >= 11 is 0. The Labute approximate surface area is 231 Å². The van der Waals surface area contributed by atoms with Crippen molar-refractivity contribution in [2.24, 2.45) is 56.7 Å². The van der Waals surface area contributed by atoms with Crippen LogP contribution in [0.2, 0.25) is 0 Å². The van der Waals surface area contributed by atoms with E-state index in [4.69, 9.17) is 4.74 Å². The van der Waals surface area contributed by atoms with Crippen molar-refractivity contribution < 1.29 is 19.4 Å². The summed E-state index contributed by atoms with van der Waals surface area (Å²) in [5.74, 6) is 1.61. The minimum atomic E-state index is -0.555. The first kappa shape index (κ1) is 28.2. The third kappa shape index (κ3) is 3.59. The molecule has 0 aromatic carbocycles. The molecule has 0 spiro atoms. The van der Waals surface area contributed by atoms with Crippen molar-refractivity contribution in [2.75, 3.05) is 0 Å². The number of hydrogen-bond acceptors (Lipinski definition) is 3.